The lowest BCUT2D eigenvalue weighted by Gasteiger charge is -2.30. The maximum absolute atomic E-state index is 12.6. The molecule has 1 amide bonds. The van der Waals surface area contributed by atoms with Crippen molar-refractivity contribution in [3.63, 3.8) is 0 Å². The second-order valence-electron chi connectivity index (χ2n) is 7.24. The number of rotatable bonds is 8. The molecule has 2 aromatic rings. The molecule has 0 radical (unpaired) electrons. The van der Waals surface area contributed by atoms with Crippen LogP contribution in [0.1, 0.15) is 31.0 Å². The number of hydrogen-bond acceptors (Lipinski definition) is 7. The number of allylic oxidation sites excluding steroid dienone is 1. The molecular weight excluding hydrogens is 515 g/mol. The van der Waals surface area contributed by atoms with Crippen molar-refractivity contribution in [3.8, 4) is 11.5 Å². The van der Waals surface area contributed by atoms with Gasteiger partial charge in [0.05, 0.1) is 34.5 Å². The molecule has 1 aliphatic rings. The number of nitrogens with zero attached hydrogens (tertiary/aromatic N) is 1. The standard InChI is InChI=1S/C23H22Cl2N4O5S/c1-3-33-22(32)19-12(2)27-23(35)28-20(19)14-6-4-5-7-17(14)34-11-18(30)29-26-10-13-8-15(24)21(31)16(25)9-13/h4-10,20,31H,3,11H2,1-2H3,(H,29,30)(H2,27,28,35)/t20-/m1/s1. The van der Waals surface area contributed by atoms with Crippen LogP contribution in [0.5, 0.6) is 11.5 Å². The fourth-order valence-corrected chi connectivity index (χ4v) is 4.05. The molecule has 3 rings (SSSR count). The van der Waals surface area contributed by atoms with Crippen molar-refractivity contribution in [2.24, 2.45) is 5.10 Å². The number of amides is 1. The number of benzene rings is 2. The Labute approximate surface area is 217 Å². The Bertz CT molecular complexity index is 1200. The maximum Gasteiger partial charge on any atom is 0.338 e. The Hall–Kier alpha value is -3.34. The number of ether oxygens (including phenoxy) is 2. The summed E-state index contributed by atoms with van der Waals surface area (Å²) in [5.74, 6) is -0.880. The Kier molecular flexibility index (Phi) is 8.91. The van der Waals surface area contributed by atoms with E-state index in [2.05, 4.69) is 21.2 Å². The first-order chi connectivity index (χ1) is 16.7. The van der Waals surface area contributed by atoms with E-state index >= 15 is 0 Å². The molecule has 0 fully saturated rings. The van der Waals surface area contributed by atoms with Gasteiger partial charge >= 0.3 is 5.97 Å². The van der Waals surface area contributed by atoms with Gasteiger partial charge in [-0.1, -0.05) is 41.4 Å². The molecule has 1 heterocycles. The summed E-state index contributed by atoms with van der Waals surface area (Å²) in [5.41, 5.74) is 4.34. The van der Waals surface area contributed by atoms with Crippen LogP contribution in [0.4, 0.5) is 0 Å². The molecular formula is C23H22Cl2N4O5S. The molecule has 184 valence electrons. The number of esters is 1. The summed E-state index contributed by atoms with van der Waals surface area (Å²) in [6.07, 6.45) is 1.32. The highest BCUT2D eigenvalue weighted by Crippen LogP contribution is 2.34. The largest absolute Gasteiger partial charge is 0.505 e. The number of carbonyl (C=O) groups is 2. The van der Waals surface area contributed by atoms with Gasteiger partial charge in [-0.3, -0.25) is 4.79 Å². The minimum Gasteiger partial charge on any atom is -0.505 e. The van der Waals surface area contributed by atoms with Crippen molar-refractivity contribution in [1.29, 1.82) is 0 Å². The van der Waals surface area contributed by atoms with E-state index in [0.717, 1.165) is 0 Å². The molecule has 12 heteroatoms. The van der Waals surface area contributed by atoms with Gasteiger partial charge in [-0.2, -0.15) is 5.10 Å². The van der Waals surface area contributed by atoms with Crippen molar-refractivity contribution < 1.29 is 24.2 Å². The molecule has 0 unspecified atom stereocenters. The van der Waals surface area contributed by atoms with Crippen LogP contribution in [0.15, 0.2) is 52.8 Å². The van der Waals surface area contributed by atoms with Gasteiger partial charge in [0.2, 0.25) is 0 Å². The normalized spacial score (nSPS) is 15.4. The Morgan fingerprint density at radius 2 is 1.94 bits per heavy atom. The monoisotopic (exact) mass is 536 g/mol. The highest BCUT2D eigenvalue weighted by molar-refractivity contribution is 7.80. The van der Waals surface area contributed by atoms with E-state index in [1.807, 2.05) is 0 Å². The van der Waals surface area contributed by atoms with Gasteiger partial charge in [0.25, 0.3) is 5.91 Å². The summed E-state index contributed by atoms with van der Waals surface area (Å²) in [6.45, 7) is 3.32. The third kappa shape index (κ3) is 6.62. The van der Waals surface area contributed by atoms with Gasteiger partial charge in [-0.15, -0.1) is 0 Å². The fraction of sp³-hybridized carbons (Fsp3) is 0.217. The summed E-state index contributed by atoms with van der Waals surface area (Å²) in [6, 6.07) is 9.22. The number of hydrogen-bond donors (Lipinski definition) is 4. The molecule has 0 spiro atoms. The lowest BCUT2D eigenvalue weighted by Crippen LogP contribution is -2.45. The number of hydrazone groups is 1. The van der Waals surface area contributed by atoms with Crippen molar-refractivity contribution in [1.82, 2.24) is 16.1 Å². The zero-order valence-corrected chi connectivity index (χ0v) is 21.1. The summed E-state index contributed by atoms with van der Waals surface area (Å²) in [7, 11) is 0. The Morgan fingerprint density at radius 3 is 2.63 bits per heavy atom. The van der Waals surface area contributed by atoms with Gasteiger partial charge in [-0.05, 0) is 49.8 Å². The number of phenols is 1. The van der Waals surface area contributed by atoms with E-state index in [4.69, 9.17) is 44.9 Å². The van der Waals surface area contributed by atoms with Crippen molar-refractivity contribution in [2.45, 2.75) is 19.9 Å². The predicted molar refractivity (Wildman–Crippen MR) is 137 cm³/mol. The number of nitrogens with one attached hydrogen (secondary N) is 3. The fourth-order valence-electron chi connectivity index (χ4n) is 3.27. The number of thiocarbonyl (C=S) groups is 1. The van der Waals surface area contributed by atoms with E-state index in [-0.39, 0.29) is 29.0 Å². The molecule has 1 aliphatic heterocycles. The highest BCUT2D eigenvalue weighted by Gasteiger charge is 2.32. The van der Waals surface area contributed by atoms with E-state index in [9.17, 15) is 14.7 Å². The van der Waals surface area contributed by atoms with E-state index in [1.54, 1.807) is 38.1 Å². The smallest absolute Gasteiger partial charge is 0.338 e. The van der Waals surface area contributed by atoms with Crippen molar-refractivity contribution in [3.05, 3.63) is 68.8 Å². The zero-order chi connectivity index (χ0) is 25.5. The summed E-state index contributed by atoms with van der Waals surface area (Å²) >= 11 is 17.0. The van der Waals surface area contributed by atoms with E-state index in [1.165, 1.54) is 18.3 Å². The number of para-hydroxylation sites is 1. The maximum atomic E-state index is 12.6. The van der Waals surface area contributed by atoms with Crippen LogP contribution in [-0.4, -0.2) is 41.5 Å². The molecule has 0 aromatic heterocycles. The molecule has 0 saturated heterocycles. The molecule has 1 atom stereocenters. The molecule has 9 nitrogen and oxygen atoms in total. The third-order valence-corrected chi connectivity index (χ3v) is 5.59. The van der Waals surface area contributed by atoms with Crippen molar-refractivity contribution in [2.75, 3.05) is 13.2 Å². The van der Waals surface area contributed by atoms with E-state index < -0.39 is 17.9 Å². The average Bonchev–Trinajstić information content (AvgIpc) is 2.81. The van der Waals surface area contributed by atoms with Gasteiger partial charge in [0, 0.05) is 11.3 Å². The average molecular weight is 537 g/mol. The van der Waals surface area contributed by atoms with Crippen LogP contribution in [0.2, 0.25) is 10.0 Å². The van der Waals surface area contributed by atoms with Crippen LogP contribution < -0.4 is 20.8 Å². The third-order valence-electron chi connectivity index (χ3n) is 4.80. The van der Waals surface area contributed by atoms with Crippen LogP contribution in [0.25, 0.3) is 0 Å². The number of halogens is 2. The first-order valence-electron chi connectivity index (χ1n) is 10.4. The molecule has 0 bridgehead atoms. The number of aromatic hydroxyl groups is 1. The molecule has 0 aliphatic carbocycles. The molecule has 2 aromatic carbocycles. The number of carbonyl (C=O) groups excluding carboxylic acids is 2. The highest BCUT2D eigenvalue weighted by atomic mass is 35.5. The Morgan fingerprint density at radius 1 is 1.26 bits per heavy atom. The van der Waals surface area contributed by atoms with Gasteiger partial charge < -0.3 is 25.2 Å². The lowest BCUT2D eigenvalue weighted by atomic mass is 9.95. The quantitative estimate of drug-likeness (QED) is 0.175. The second kappa shape index (κ2) is 11.9. The number of phenolic OH excluding ortho intramolecular Hbond substituents is 1. The summed E-state index contributed by atoms with van der Waals surface area (Å²) in [5, 5.41) is 19.9. The van der Waals surface area contributed by atoms with Crippen LogP contribution in [0.3, 0.4) is 0 Å². The van der Waals surface area contributed by atoms with Gasteiger partial charge in [0.1, 0.15) is 5.75 Å². The summed E-state index contributed by atoms with van der Waals surface area (Å²) < 4.78 is 10.9. The van der Waals surface area contributed by atoms with Crippen molar-refractivity contribution >= 4 is 58.6 Å². The lowest BCUT2D eigenvalue weighted by molar-refractivity contribution is -0.139. The minimum absolute atomic E-state index is 0.0581. The second-order valence-corrected chi connectivity index (χ2v) is 8.47. The van der Waals surface area contributed by atoms with Gasteiger partial charge in [-0.25, -0.2) is 10.2 Å². The topological polar surface area (TPSA) is 121 Å². The van der Waals surface area contributed by atoms with Gasteiger partial charge in [0.15, 0.2) is 17.5 Å². The molecule has 0 saturated carbocycles. The first kappa shape index (κ1) is 26.3. The SMILES string of the molecule is CCOC(=O)C1=C(C)NC(=S)N[C@@H]1c1ccccc1OCC(=O)NN=Cc1cc(Cl)c(O)c(Cl)c1. The molecule has 4 N–H and O–H groups in total. The van der Waals surface area contributed by atoms with E-state index in [0.29, 0.717) is 33.3 Å². The zero-order valence-electron chi connectivity index (χ0n) is 18.7. The predicted octanol–water partition coefficient (Wildman–Crippen LogP) is 3.58. The van der Waals surface area contributed by atoms with Crippen LogP contribution >= 0.6 is 35.4 Å². The van der Waals surface area contributed by atoms with Crippen LogP contribution in [-0.2, 0) is 14.3 Å². The minimum atomic E-state index is -0.635. The molecule has 35 heavy (non-hydrogen) atoms. The summed E-state index contributed by atoms with van der Waals surface area (Å²) in [4.78, 5) is 24.9. The Balaban J connectivity index is 1.71. The first-order valence-corrected chi connectivity index (χ1v) is 11.5. The van der Waals surface area contributed by atoms with Crippen LogP contribution in [0, 0.1) is 0 Å².